The number of nitrogens with zero attached hydrogens (tertiary/aromatic N) is 1. The second-order valence-electron chi connectivity index (χ2n) is 4.73. The molecule has 1 saturated heterocycles. The SMILES string of the molecule is NCc1ccc(N2CC3(CC3)C2)cc1. The summed E-state index contributed by atoms with van der Waals surface area (Å²) in [7, 11) is 0. The fourth-order valence-electron chi connectivity index (χ4n) is 2.28. The lowest BCUT2D eigenvalue weighted by molar-refractivity contribution is 0.387. The largest absolute Gasteiger partial charge is 0.370 e. The molecule has 74 valence electrons. The number of benzene rings is 1. The second kappa shape index (κ2) is 2.74. The molecule has 1 aromatic carbocycles. The summed E-state index contributed by atoms with van der Waals surface area (Å²) in [4.78, 5) is 2.47. The molecule has 0 atom stereocenters. The third-order valence-electron chi connectivity index (χ3n) is 3.55. The first-order valence-corrected chi connectivity index (χ1v) is 5.35. The number of rotatable bonds is 2. The van der Waals surface area contributed by atoms with Gasteiger partial charge < -0.3 is 10.6 Å². The van der Waals surface area contributed by atoms with E-state index in [1.165, 1.54) is 37.2 Å². The van der Waals surface area contributed by atoms with E-state index < -0.39 is 0 Å². The van der Waals surface area contributed by atoms with Crippen LogP contribution in [0, 0.1) is 5.41 Å². The van der Waals surface area contributed by atoms with Crippen LogP contribution in [0.2, 0.25) is 0 Å². The van der Waals surface area contributed by atoms with E-state index in [1.54, 1.807) is 0 Å². The van der Waals surface area contributed by atoms with Gasteiger partial charge in [-0.2, -0.15) is 0 Å². The molecule has 0 aromatic heterocycles. The van der Waals surface area contributed by atoms with Gasteiger partial charge in [0.05, 0.1) is 0 Å². The summed E-state index contributed by atoms with van der Waals surface area (Å²) in [5.74, 6) is 0. The third kappa shape index (κ3) is 1.22. The maximum Gasteiger partial charge on any atom is 0.0366 e. The summed E-state index contributed by atoms with van der Waals surface area (Å²) in [5.41, 5.74) is 8.88. The Morgan fingerprint density at radius 1 is 1.14 bits per heavy atom. The highest BCUT2D eigenvalue weighted by Gasteiger charge is 2.52. The average Bonchev–Trinajstić information content (AvgIpc) is 2.96. The lowest BCUT2D eigenvalue weighted by Gasteiger charge is -2.42. The van der Waals surface area contributed by atoms with Crippen LogP contribution in [0.25, 0.3) is 0 Å². The Labute approximate surface area is 84.7 Å². The molecule has 0 bridgehead atoms. The molecule has 2 nitrogen and oxygen atoms in total. The van der Waals surface area contributed by atoms with E-state index >= 15 is 0 Å². The topological polar surface area (TPSA) is 29.3 Å². The first-order valence-electron chi connectivity index (χ1n) is 5.35. The minimum Gasteiger partial charge on any atom is -0.370 e. The molecule has 1 aliphatic carbocycles. The van der Waals surface area contributed by atoms with Gasteiger partial charge in [-0.25, -0.2) is 0 Å². The molecule has 1 aliphatic heterocycles. The van der Waals surface area contributed by atoms with E-state index in [9.17, 15) is 0 Å². The highest BCUT2D eigenvalue weighted by atomic mass is 15.2. The molecule has 2 aliphatic rings. The zero-order chi connectivity index (χ0) is 9.60. The normalized spacial score (nSPS) is 22.2. The van der Waals surface area contributed by atoms with Crippen LogP contribution in [-0.2, 0) is 6.54 Å². The number of anilines is 1. The van der Waals surface area contributed by atoms with Crippen LogP contribution in [0.5, 0.6) is 0 Å². The van der Waals surface area contributed by atoms with Gasteiger partial charge in [-0.15, -0.1) is 0 Å². The van der Waals surface area contributed by atoms with E-state index in [2.05, 4.69) is 29.2 Å². The molecule has 3 rings (SSSR count). The molecule has 2 N–H and O–H groups in total. The summed E-state index contributed by atoms with van der Waals surface area (Å²) >= 11 is 0. The molecule has 1 saturated carbocycles. The fraction of sp³-hybridized carbons (Fsp3) is 0.500. The van der Waals surface area contributed by atoms with Crippen molar-refractivity contribution in [2.75, 3.05) is 18.0 Å². The van der Waals surface area contributed by atoms with Crippen molar-refractivity contribution in [3.05, 3.63) is 29.8 Å². The smallest absolute Gasteiger partial charge is 0.0366 e. The van der Waals surface area contributed by atoms with E-state index in [-0.39, 0.29) is 0 Å². The maximum absolute atomic E-state index is 5.56. The first-order chi connectivity index (χ1) is 6.81. The standard InChI is InChI=1S/C12H16N2/c13-7-10-1-3-11(4-2-10)14-8-12(9-14)5-6-12/h1-4H,5-9,13H2. The summed E-state index contributed by atoms with van der Waals surface area (Å²) in [6, 6.07) is 8.65. The van der Waals surface area contributed by atoms with Crippen molar-refractivity contribution in [3.63, 3.8) is 0 Å². The Morgan fingerprint density at radius 2 is 1.79 bits per heavy atom. The summed E-state index contributed by atoms with van der Waals surface area (Å²) in [6.07, 6.45) is 2.90. The molecular formula is C12H16N2. The van der Waals surface area contributed by atoms with Crippen LogP contribution in [0.4, 0.5) is 5.69 Å². The van der Waals surface area contributed by atoms with Crippen LogP contribution in [-0.4, -0.2) is 13.1 Å². The maximum atomic E-state index is 5.56. The van der Waals surface area contributed by atoms with Crippen molar-refractivity contribution in [3.8, 4) is 0 Å². The van der Waals surface area contributed by atoms with Crippen LogP contribution in [0.1, 0.15) is 18.4 Å². The predicted molar refractivity (Wildman–Crippen MR) is 58.2 cm³/mol. The Balaban J connectivity index is 1.71. The molecule has 2 heteroatoms. The molecule has 1 heterocycles. The van der Waals surface area contributed by atoms with E-state index in [4.69, 9.17) is 5.73 Å². The Morgan fingerprint density at radius 3 is 2.29 bits per heavy atom. The zero-order valence-electron chi connectivity index (χ0n) is 8.37. The van der Waals surface area contributed by atoms with E-state index in [0.29, 0.717) is 6.54 Å². The lowest BCUT2D eigenvalue weighted by Crippen LogP contribution is -2.48. The number of hydrogen-bond acceptors (Lipinski definition) is 2. The Hall–Kier alpha value is -1.02. The van der Waals surface area contributed by atoms with Crippen LogP contribution in [0.3, 0.4) is 0 Å². The minimum atomic E-state index is 0.643. The molecule has 14 heavy (non-hydrogen) atoms. The van der Waals surface area contributed by atoms with Gasteiger partial charge in [-0.3, -0.25) is 0 Å². The lowest BCUT2D eigenvalue weighted by atomic mass is 9.96. The van der Waals surface area contributed by atoms with Gasteiger partial charge in [0.15, 0.2) is 0 Å². The van der Waals surface area contributed by atoms with Crippen molar-refractivity contribution in [1.82, 2.24) is 0 Å². The summed E-state index contributed by atoms with van der Waals surface area (Å²) in [5, 5.41) is 0. The highest BCUT2D eigenvalue weighted by Crippen LogP contribution is 2.53. The van der Waals surface area contributed by atoms with Gasteiger partial charge >= 0.3 is 0 Å². The third-order valence-corrected chi connectivity index (χ3v) is 3.55. The first kappa shape index (κ1) is 8.30. The summed E-state index contributed by atoms with van der Waals surface area (Å²) in [6.45, 7) is 3.19. The van der Waals surface area contributed by atoms with E-state index in [0.717, 1.165) is 5.41 Å². The molecular weight excluding hydrogens is 172 g/mol. The average molecular weight is 188 g/mol. The number of nitrogens with two attached hydrogens (primary N) is 1. The predicted octanol–water partition coefficient (Wildman–Crippen LogP) is 1.75. The molecule has 0 radical (unpaired) electrons. The van der Waals surface area contributed by atoms with Crippen molar-refractivity contribution in [2.45, 2.75) is 19.4 Å². The molecule has 0 amide bonds. The van der Waals surface area contributed by atoms with Crippen LogP contribution in [0.15, 0.2) is 24.3 Å². The van der Waals surface area contributed by atoms with Gasteiger partial charge in [0.25, 0.3) is 0 Å². The zero-order valence-corrected chi connectivity index (χ0v) is 8.37. The Bertz CT molecular complexity index is 330. The van der Waals surface area contributed by atoms with Crippen molar-refractivity contribution < 1.29 is 0 Å². The van der Waals surface area contributed by atoms with Crippen molar-refractivity contribution in [2.24, 2.45) is 11.1 Å². The minimum absolute atomic E-state index is 0.643. The number of hydrogen-bond donors (Lipinski definition) is 1. The summed E-state index contributed by atoms with van der Waals surface area (Å²) < 4.78 is 0. The molecule has 1 spiro atoms. The monoisotopic (exact) mass is 188 g/mol. The Kier molecular flexibility index (Phi) is 1.62. The van der Waals surface area contributed by atoms with Gasteiger partial charge in [-0.1, -0.05) is 12.1 Å². The van der Waals surface area contributed by atoms with Crippen LogP contribution < -0.4 is 10.6 Å². The molecule has 2 fully saturated rings. The second-order valence-corrected chi connectivity index (χ2v) is 4.73. The van der Waals surface area contributed by atoms with Crippen molar-refractivity contribution in [1.29, 1.82) is 0 Å². The van der Waals surface area contributed by atoms with Crippen molar-refractivity contribution >= 4 is 5.69 Å². The molecule has 0 unspecified atom stereocenters. The molecule has 1 aromatic rings. The van der Waals surface area contributed by atoms with Gasteiger partial charge in [0, 0.05) is 30.7 Å². The van der Waals surface area contributed by atoms with Crippen LogP contribution >= 0.6 is 0 Å². The van der Waals surface area contributed by atoms with E-state index in [1.807, 2.05) is 0 Å². The van der Waals surface area contributed by atoms with Gasteiger partial charge in [0.2, 0.25) is 0 Å². The van der Waals surface area contributed by atoms with Gasteiger partial charge in [-0.05, 0) is 30.5 Å². The quantitative estimate of drug-likeness (QED) is 0.766. The highest BCUT2D eigenvalue weighted by molar-refractivity contribution is 5.51. The van der Waals surface area contributed by atoms with Gasteiger partial charge in [0.1, 0.15) is 0 Å². The fourth-order valence-corrected chi connectivity index (χ4v) is 2.28.